The Bertz CT molecular complexity index is 565. The highest BCUT2D eigenvalue weighted by Gasteiger charge is 2.24. The second kappa shape index (κ2) is 5.76. The molecule has 1 saturated carbocycles. The van der Waals surface area contributed by atoms with Crippen molar-refractivity contribution in [3.8, 4) is 5.75 Å². The number of amides is 2. The Morgan fingerprint density at radius 3 is 2.81 bits per heavy atom. The Hall–Kier alpha value is -2.04. The normalized spacial score (nSPS) is 18.9. The van der Waals surface area contributed by atoms with Crippen molar-refractivity contribution >= 4 is 17.5 Å². The Kier molecular flexibility index (Phi) is 3.82. The zero-order valence-electron chi connectivity index (χ0n) is 12.2. The van der Waals surface area contributed by atoms with Crippen LogP contribution in [-0.4, -0.2) is 31.5 Å². The van der Waals surface area contributed by atoms with E-state index in [1.165, 1.54) is 24.2 Å². The fraction of sp³-hybridized carbons (Fsp3) is 0.500. The maximum absolute atomic E-state index is 12.3. The largest absolute Gasteiger partial charge is 0.482 e. The van der Waals surface area contributed by atoms with E-state index in [0.717, 1.165) is 12.8 Å². The number of carbonyl (C=O) groups excluding carboxylic acids is 2. The number of anilines is 1. The van der Waals surface area contributed by atoms with Crippen LogP contribution in [-0.2, 0) is 4.79 Å². The summed E-state index contributed by atoms with van der Waals surface area (Å²) in [6, 6.07) is 5.51. The number of nitrogens with one attached hydrogen (secondary N) is 1. The summed E-state index contributed by atoms with van der Waals surface area (Å²) in [4.78, 5) is 25.5. The van der Waals surface area contributed by atoms with Gasteiger partial charge in [0.2, 0.25) is 0 Å². The van der Waals surface area contributed by atoms with Gasteiger partial charge in [-0.15, -0.1) is 0 Å². The van der Waals surface area contributed by atoms with Gasteiger partial charge in [-0.3, -0.25) is 9.59 Å². The van der Waals surface area contributed by atoms with Crippen LogP contribution in [0.25, 0.3) is 0 Å². The van der Waals surface area contributed by atoms with Crippen molar-refractivity contribution in [3.05, 3.63) is 23.8 Å². The number of hydrogen-bond acceptors (Lipinski definition) is 3. The summed E-state index contributed by atoms with van der Waals surface area (Å²) in [6.45, 7) is 0.0527. The molecule has 0 radical (unpaired) electrons. The smallest absolute Gasteiger partial charge is 0.264 e. The molecule has 21 heavy (non-hydrogen) atoms. The van der Waals surface area contributed by atoms with Crippen LogP contribution in [0, 0.1) is 0 Å². The predicted molar refractivity (Wildman–Crippen MR) is 79.7 cm³/mol. The number of rotatable bonds is 2. The molecule has 5 nitrogen and oxygen atoms in total. The molecule has 112 valence electrons. The van der Waals surface area contributed by atoms with Crippen molar-refractivity contribution in [1.29, 1.82) is 0 Å². The van der Waals surface area contributed by atoms with Gasteiger partial charge in [0, 0.05) is 18.7 Å². The molecule has 2 amide bonds. The van der Waals surface area contributed by atoms with Crippen molar-refractivity contribution < 1.29 is 14.3 Å². The lowest BCUT2D eigenvalue weighted by Gasteiger charge is -2.27. The van der Waals surface area contributed by atoms with Crippen LogP contribution in [0.5, 0.6) is 5.75 Å². The standard InChI is InChI=1S/C16H20N2O3/c1-18-13-9-11(7-8-14(13)21-10-15(18)19)16(20)17-12-5-3-2-4-6-12/h7-9,12H,2-6,10H2,1H3,(H,17,20). The Morgan fingerprint density at radius 1 is 1.29 bits per heavy atom. The lowest BCUT2D eigenvalue weighted by Crippen LogP contribution is -2.37. The Balaban J connectivity index is 1.76. The van der Waals surface area contributed by atoms with Gasteiger partial charge in [0.25, 0.3) is 11.8 Å². The highest BCUT2D eigenvalue weighted by Crippen LogP contribution is 2.32. The first-order valence-corrected chi connectivity index (χ1v) is 7.49. The molecule has 0 bridgehead atoms. The maximum atomic E-state index is 12.3. The van der Waals surface area contributed by atoms with Crippen LogP contribution >= 0.6 is 0 Å². The third kappa shape index (κ3) is 2.86. The number of ether oxygens (including phenoxy) is 1. The number of nitrogens with zero attached hydrogens (tertiary/aromatic N) is 1. The van der Waals surface area contributed by atoms with Crippen molar-refractivity contribution in [3.63, 3.8) is 0 Å². The lowest BCUT2D eigenvalue weighted by molar-refractivity contribution is -0.120. The van der Waals surface area contributed by atoms with E-state index < -0.39 is 0 Å². The Morgan fingerprint density at radius 2 is 2.05 bits per heavy atom. The minimum absolute atomic E-state index is 0.0527. The van der Waals surface area contributed by atoms with E-state index >= 15 is 0 Å². The van der Waals surface area contributed by atoms with Crippen molar-refractivity contribution in [2.45, 2.75) is 38.1 Å². The molecule has 1 heterocycles. The van der Waals surface area contributed by atoms with E-state index in [9.17, 15) is 9.59 Å². The molecule has 1 aliphatic heterocycles. The molecule has 0 aromatic heterocycles. The Labute approximate surface area is 124 Å². The molecular formula is C16H20N2O3. The maximum Gasteiger partial charge on any atom is 0.264 e. The first kappa shape index (κ1) is 13.9. The van der Waals surface area contributed by atoms with Gasteiger partial charge in [-0.05, 0) is 31.0 Å². The van der Waals surface area contributed by atoms with Gasteiger partial charge >= 0.3 is 0 Å². The summed E-state index contributed by atoms with van der Waals surface area (Å²) >= 11 is 0. The van der Waals surface area contributed by atoms with Crippen LogP contribution in [0.1, 0.15) is 42.5 Å². The average Bonchev–Trinajstić information content (AvgIpc) is 2.52. The van der Waals surface area contributed by atoms with Crippen molar-refractivity contribution in [2.75, 3.05) is 18.6 Å². The highest BCUT2D eigenvalue weighted by molar-refractivity contribution is 6.01. The van der Waals surface area contributed by atoms with E-state index in [2.05, 4.69) is 5.32 Å². The lowest BCUT2D eigenvalue weighted by atomic mass is 9.95. The van der Waals surface area contributed by atoms with Gasteiger partial charge < -0.3 is 15.0 Å². The fourth-order valence-corrected chi connectivity index (χ4v) is 2.93. The number of carbonyl (C=O) groups is 2. The number of hydrogen-bond donors (Lipinski definition) is 1. The minimum atomic E-state index is -0.104. The molecule has 5 heteroatoms. The summed E-state index contributed by atoms with van der Waals surface area (Å²) in [6.07, 6.45) is 5.73. The third-order valence-corrected chi connectivity index (χ3v) is 4.25. The second-order valence-electron chi connectivity index (χ2n) is 5.73. The molecule has 0 saturated heterocycles. The molecule has 1 fully saturated rings. The van der Waals surface area contributed by atoms with Gasteiger partial charge in [0.05, 0.1) is 5.69 Å². The molecule has 1 N–H and O–H groups in total. The molecule has 3 rings (SSSR count). The van der Waals surface area contributed by atoms with Gasteiger partial charge in [0.1, 0.15) is 5.75 Å². The molecule has 1 aromatic carbocycles. The highest BCUT2D eigenvalue weighted by atomic mass is 16.5. The summed E-state index contributed by atoms with van der Waals surface area (Å²) in [5.41, 5.74) is 1.23. The molecule has 0 unspecified atom stereocenters. The molecular weight excluding hydrogens is 268 g/mol. The zero-order valence-corrected chi connectivity index (χ0v) is 12.2. The van der Waals surface area contributed by atoms with E-state index in [1.54, 1.807) is 25.2 Å². The SMILES string of the molecule is CN1C(=O)COc2ccc(C(=O)NC3CCCCC3)cc21. The summed E-state index contributed by atoms with van der Waals surface area (Å²) in [5.74, 6) is 0.467. The van der Waals surface area contributed by atoms with Crippen molar-refractivity contribution in [2.24, 2.45) is 0 Å². The van der Waals surface area contributed by atoms with Crippen LogP contribution in [0.15, 0.2) is 18.2 Å². The molecule has 2 aliphatic rings. The second-order valence-corrected chi connectivity index (χ2v) is 5.73. The zero-order chi connectivity index (χ0) is 14.8. The van der Waals surface area contributed by atoms with E-state index in [4.69, 9.17) is 4.74 Å². The first-order valence-electron chi connectivity index (χ1n) is 7.49. The fourth-order valence-electron chi connectivity index (χ4n) is 2.93. The van der Waals surface area contributed by atoms with Crippen LogP contribution < -0.4 is 15.0 Å². The van der Waals surface area contributed by atoms with Crippen LogP contribution in [0.4, 0.5) is 5.69 Å². The first-order chi connectivity index (χ1) is 10.1. The molecule has 1 aliphatic carbocycles. The predicted octanol–water partition coefficient (Wildman–Crippen LogP) is 2.10. The number of fused-ring (bicyclic) bond motifs is 1. The topological polar surface area (TPSA) is 58.6 Å². The van der Waals surface area contributed by atoms with Gasteiger partial charge in [-0.1, -0.05) is 19.3 Å². The molecule has 0 spiro atoms. The van der Waals surface area contributed by atoms with E-state index in [-0.39, 0.29) is 24.5 Å². The quantitative estimate of drug-likeness (QED) is 0.906. The minimum Gasteiger partial charge on any atom is -0.482 e. The third-order valence-electron chi connectivity index (χ3n) is 4.25. The number of likely N-dealkylation sites (N-methyl/N-ethyl adjacent to an activating group) is 1. The van der Waals surface area contributed by atoms with Gasteiger partial charge in [-0.2, -0.15) is 0 Å². The van der Waals surface area contributed by atoms with Gasteiger partial charge in [-0.25, -0.2) is 0 Å². The molecule has 0 atom stereocenters. The van der Waals surface area contributed by atoms with Crippen LogP contribution in [0.3, 0.4) is 0 Å². The average molecular weight is 288 g/mol. The van der Waals surface area contributed by atoms with Gasteiger partial charge in [0.15, 0.2) is 6.61 Å². The number of benzene rings is 1. The summed E-state index contributed by atoms with van der Waals surface area (Å²) in [5, 5.41) is 3.08. The monoisotopic (exact) mass is 288 g/mol. The summed E-state index contributed by atoms with van der Waals surface area (Å²) in [7, 11) is 1.70. The summed E-state index contributed by atoms with van der Waals surface area (Å²) < 4.78 is 5.37. The van der Waals surface area contributed by atoms with E-state index in [1.807, 2.05) is 0 Å². The van der Waals surface area contributed by atoms with Crippen LogP contribution in [0.2, 0.25) is 0 Å². The van der Waals surface area contributed by atoms with Crippen molar-refractivity contribution in [1.82, 2.24) is 5.32 Å². The molecule has 1 aromatic rings. The van der Waals surface area contributed by atoms with E-state index in [0.29, 0.717) is 17.0 Å².